The van der Waals surface area contributed by atoms with Gasteiger partial charge in [-0.05, 0) is 18.2 Å². The SMILES string of the molecule is N#CCC(=O)Nc1cc(S(N)(=O)=O)ccc1O. The Balaban J connectivity index is 3.08. The fraction of sp³-hybridized carbons (Fsp3) is 0.111. The molecule has 0 aromatic heterocycles. The number of amides is 1. The van der Waals surface area contributed by atoms with Crippen LogP contribution in [0, 0.1) is 11.3 Å². The third-order valence-electron chi connectivity index (χ3n) is 1.81. The molecule has 4 N–H and O–H groups in total. The summed E-state index contributed by atoms with van der Waals surface area (Å²) in [6, 6.07) is 4.82. The van der Waals surface area contributed by atoms with Gasteiger partial charge in [0.25, 0.3) is 0 Å². The van der Waals surface area contributed by atoms with Gasteiger partial charge >= 0.3 is 0 Å². The number of nitrogens with two attached hydrogens (primary N) is 1. The predicted molar refractivity (Wildman–Crippen MR) is 58.3 cm³/mol. The quantitative estimate of drug-likeness (QED) is 0.648. The molecule has 0 aliphatic rings. The fourth-order valence-corrected chi connectivity index (χ4v) is 1.60. The minimum absolute atomic E-state index is 0.114. The van der Waals surface area contributed by atoms with Crippen LogP contribution in [0.3, 0.4) is 0 Å². The highest BCUT2D eigenvalue weighted by molar-refractivity contribution is 7.89. The van der Waals surface area contributed by atoms with Crippen molar-refractivity contribution in [3.63, 3.8) is 0 Å². The molecule has 1 amide bonds. The first-order valence-corrected chi connectivity index (χ1v) is 5.92. The summed E-state index contributed by atoms with van der Waals surface area (Å²) in [6.07, 6.45) is -0.404. The minimum atomic E-state index is -3.92. The van der Waals surface area contributed by atoms with Crippen molar-refractivity contribution in [1.82, 2.24) is 0 Å². The molecule has 0 spiro atoms. The molecule has 0 fully saturated rings. The average Bonchev–Trinajstić information content (AvgIpc) is 2.20. The molecule has 0 heterocycles. The number of hydrogen-bond acceptors (Lipinski definition) is 5. The molecule has 90 valence electrons. The molecule has 1 rings (SSSR count). The number of nitrogens with zero attached hydrogens (tertiary/aromatic N) is 1. The first-order valence-electron chi connectivity index (χ1n) is 4.37. The molecule has 0 atom stereocenters. The van der Waals surface area contributed by atoms with Gasteiger partial charge in [-0.1, -0.05) is 0 Å². The Hall–Kier alpha value is -2.11. The molecule has 0 aliphatic heterocycles. The Morgan fingerprint density at radius 1 is 1.53 bits per heavy atom. The summed E-state index contributed by atoms with van der Waals surface area (Å²) in [7, 11) is -3.92. The van der Waals surface area contributed by atoms with Crippen molar-refractivity contribution in [2.45, 2.75) is 11.3 Å². The van der Waals surface area contributed by atoms with Crippen LogP contribution in [0.1, 0.15) is 6.42 Å². The minimum Gasteiger partial charge on any atom is -0.506 e. The van der Waals surface area contributed by atoms with E-state index in [9.17, 15) is 18.3 Å². The maximum Gasteiger partial charge on any atom is 0.238 e. The van der Waals surface area contributed by atoms with Crippen LogP contribution in [0.25, 0.3) is 0 Å². The van der Waals surface area contributed by atoms with Gasteiger partial charge < -0.3 is 10.4 Å². The van der Waals surface area contributed by atoms with Gasteiger partial charge in [-0.2, -0.15) is 5.26 Å². The number of anilines is 1. The van der Waals surface area contributed by atoms with E-state index in [4.69, 9.17) is 10.4 Å². The molecule has 1 aromatic rings. The Bertz CT molecular complexity index is 589. The van der Waals surface area contributed by atoms with Crippen LogP contribution in [0.4, 0.5) is 5.69 Å². The van der Waals surface area contributed by atoms with Gasteiger partial charge in [-0.15, -0.1) is 0 Å². The van der Waals surface area contributed by atoms with E-state index in [0.717, 1.165) is 18.2 Å². The number of primary sulfonamides is 1. The molecule has 0 aliphatic carbocycles. The van der Waals surface area contributed by atoms with Crippen molar-refractivity contribution in [3.8, 4) is 11.8 Å². The highest BCUT2D eigenvalue weighted by atomic mass is 32.2. The first-order chi connectivity index (χ1) is 7.84. The molecule has 0 unspecified atom stereocenters. The Kier molecular flexibility index (Phi) is 3.67. The lowest BCUT2D eigenvalue weighted by Gasteiger charge is -2.07. The second kappa shape index (κ2) is 4.82. The molecule has 8 heteroatoms. The molecule has 0 bridgehead atoms. The largest absolute Gasteiger partial charge is 0.506 e. The molecule has 7 nitrogen and oxygen atoms in total. The summed E-state index contributed by atoms with van der Waals surface area (Å²) >= 11 is 0. The van der Waals surface area contributed by atoms with Gasteiger partial charge in [0.2, 0.25) is 15.9 Å². The van der Waals surface area contributed by atoms with Crippen molar-refractivity contribution >= 4 is 21.6 Å². The van der Waals surface area contributed by atoms with Crippen LogP contribution in [0.2, 0.25) is 0 Å². The number of nitriles is 1. The molecule has 17 heavy (non-hydrogen) atoms. The van der Waals surface area contributed by atoms with E-state index in [1.807, 2.05) is 0 Å². The van der Waals surface area contributed by atoms with E-state index < -0.39 is 22.4 Å². The zero-order valence-electron chi connectivity index (χ0n) is 8.54. The van der Waals surface area contributed by atoms with Crippen LogP contribution < -0.4 is 10.5 Å². The van der Waals surface area contributed by atoms with Gasteiger partial charge in [0.05, 0.1) is 16.7 Å². The summed E-state index contributed by atoms with van der Waals surface area (Å²) in [6.45, 7) is 0. The smallest absolute Gasteiger partial charge is 0.238 e. The number of nitrogens with one attached hydrogen (secondary N) is 1. The first kappa shape index (κ1) is 13.0. The van der Waals surface area contributed by atoms with Crippen molar-refractivity contribution in [2.24, 2.45) is 5.14 Å². The number of phenolic OH excluding ortho intramolecular Hbond substituents is 1. The lowest BCUT2D eigenvalue weighted by Crippen LogP contribution is -2.14. The van der Waals surface area contributed by atoms with Crippen molar-refractivity contribution in [3.05, 3.63) is 18.2 Å². The normalized spacial score (nSPS) is 10.6. The van der Waals surface area contributed by atoms with Gasteiger partial charge in [-0.25, -0.2) is 13.6 Å². The van der Waals surface area contributed by atoms with Crippen molar-refractivity contribution in [1.29, 1.82) is 5.26 Å². The maximum atomic E-state index is 11.1. The molecule has 1 aromatic carbocycles. The third kappa shape index (κ3) is 3.44. The number of hydrogen-bond donors (Lipinski definition) is 3. The van der Waals surface area contributed by atoms with E-state index in [1.54, 1.807) is 6.07 Å². The van der Waals surface area contributed by atoms with Gasteiger partial charge in [0.15, 0.2) is 0 Å². The molecular formula is C9H9N3O4S. The second-order valence-electron chi connectivity index (χ2n) is 3.11. The van der Waals surface area contributed by atoms with E-state index in [-0.39, 0.29) is 16.3 Å². The van der Waals surface area contributed by atoms with Crippen LogP contribution in [0.5, 0.6) is 5.75 Å². The number of aromatic hydroxyl groups is 1. The Morgan fingerprint density at radius 3 is 2.71 bits per heavy atom. The molecule has 0 radical (unpaired) electrons. The standard InChI is InChI=1S/C9H9N3O4S/c10-4-3-9(14)12-7-5-6(17(11,15)16)1-2-8(7)13/h1-2,5,13H,3H2,(H,12,14)(H2,11,15,16). The summed E-state index contributed by atoms with van der Waals surface area (Å²) in [5.74, 6) is -0.974. The zero-order valence-corrected chi connectivity index (χ0v) is 9.36. The molecular weight excluding hydrogens is 246 g/mol. The Labute approximate surface area is 97.5 Å². The lowest BCUT2D eigenvalue weighted by atomic mass is 10.3. The number of carbonyl (C=O) groups excluding carboxylic acids is 1. The number of phenols is 1. The van der Waals surface area contributed by atoms with Gasteiger partial charge in [0, 0.05) is 0 Å². The number of carbonyl (C=O) groups is 1. The third-order valence-corrected chi connectivity index (χ3v) is 2.72. The number of sulfonamides is 1. The fourth-order valence-electron chi connectivity index (χ4n) is 1.06. The highest BCUT2D eigenvalue weighted by Crippen LogP contribution is 2.25. The van der Waals surface area contributed by atoms with Gasteiger partial charge in [-0.3, -0.25) is 4.79 Å². The topological polar surface area (TPSA) is 133 Å². The second-order valence-corrected chi connectivity index (χ2v) is 4.67. The predicted octanol–water partition coefficient (Wildman–Crippen LogP) is -0.108. The Morgan fingerprint density at radius 2 is 2.18 bits per heavy atom. The van der Waals surface area contributed by atoms with Crippen molar-refractivity contribution < 1.29 is 18.3 Å². The molecule has 0 saturated carbocycles. The van der Waals surface area contributed by atoms with Crippen LogP contribution in [-0.4, -0.2) is 19.4 Å². The van der Waals surface area contributed by atoms with E-state index in [1.165, 1.54) is 0 Å². The van der Waals surface area contributed by atoms with Gasteiger partial charge in [0.1, 0.15) is 12.2 Å². The summed E-state index contributed by atoms with van der Waals surface area (Å²) < 4.78 is 22.1. The van der Waals surface area contributed by atoms with Crippen LogP contribution >= 0.6 is 0 Å². The van der Waals surface area contributed by atoms with E-state index >= 15 is 0 Å². The molecule has 0 saturated heterocycles. The lowest BCUT2D eigenvalue weighted by molar-refractivity contribution is -0.115. The maximum absolute atomic E-state index is 11.1. The summed E-state index contributed by atoms with van der Waals surface area (Å²) in [4.78, 5) is 10.9. The average molecular weight is 255 g/mol. The van der Waals surface area contributed by atoms with Crippen LogP contribution in [0.15, 0.2) is 23.1 Å². The van der Waals surface area contributed by atoms with E-state index in [0.29, 0.717) is 0 Å². The number of rotatable bonds is 3. The zero-order chi connectivity index (χ0) is 13.1. The highest BCUT2D eigenvalue weighted by Gasteiger charge is 2.12. The monoisotopic (exact) mass is 255 g/mol. The number of benzene rings is 1. The van der Waals surface area contributed by atoms with Crippen molar-refractivity contribution in [2.75, 3.05) is 5.32 Å². The van der Waals surface area contributed by atoms with E-state index in [2.05, 4.69) is 5.32 Å². The summed E-state index contributed by atoms with van der Waals surface area (Å²) in [5.41, 5.74) is -0.114. The summed E-state index contributed by atoms with van der Waals surface area (Å²) in [5, 5.41) is 24.7. The van der Waals surface area contributed by atoms with Crippen LogP contribution in [-0.2, 0) is 14.8 Å².